The van der Waals surface area contributed by atoms with Crippen molar-refractivity contribution in [3.05, 3.63) is 46.0 Å². The highest BCUT2D eigenvalue weighted by atomic mass is 127. The van der Waals surface area contributed by atoms with Gasteiger partial charge in [-0.15, -0.1) is 0 Å². The minimum absolute atomic E-state index is 0.531. The van der Waals surface area contributed by atoms with Crippen LogP contribution in [0.1, 0.15) is 0 Å². The molecule has 0 bridgehead atoms. The molecule has 0 spiro atoms. The van der Waals surface area contributed by atoms with E-state index < -0.39 is 0 Å². The molecule has 0 saturated carbocycles. The van der Waals surface area contributed by atoms with Crippen molar-refractivity contribution in [3.63, 3.8) is 0 Å². The third-order valence-corrected chi connectivity index (χ3v) is 2.85. The van der Waals surface area contributed by atoms with Gasteiger partial charge in [0, 0.05) is 12.1 Å². The highest BCUT2D eigenvalue weighted by Gasteiger charge is 2.03. The second-order valence-electron chi connectivity index (χ2n) is 3.05. The third kappa shape index (κ3) is 2.63. The summed E-state index contributed by atoms with van der Waals surface area (Å²) in [6.45, 7) is 0. The first-order valence-corrected chi connectivity index (χ1v) is 5.81. The average Bonchev–Trinajstić information content (AvgIpc) is 2.32. The molecule has 0 atom stereocenters. The molecule has 0 N–H and O–H groups in total. The number of rotatable bonds is 3. The Kier molecular flexibility index (Phi) is 3.61. The van der Waals surface area contributed by atoms with Gasteiger partial charge in [0.25, 0.3) is 0 Å². The molecule has 4 heteroatoms. The van der Waals surface area contributed by atoms with E-state index in [4.69, 9.17) is 9.47 Å². The summed E-state index contributed by atoms with van der Waals surface area (Å²) in [6, 6.07) is 13.2. The van der Waals surface area contributed by atoms with E-state index >= 15 is 0 Å². The van der Waals surface area contributed by atoms with Crippen molar-refractivity contribution in [1.82, 2.24) is 4.98 Å². The molecule has 82 valence electrons. The van der Waals surface area contributed by atoms with Crippen LogP contribution in [0.2, 0.25) is 0 Å². The molecular formula is C12H10INO2. The Bertz CT molecular complexity index is 488. The quantitative estimate of drug-likeness (QED) is 0.809. The van der Waals surface area contributed by atoms with E-state index in [0.717, 1.165) is 9.32 Å². The number of hydrogen-bond acceptors (Lipinski definition) is 3. The van der Waals surface area contributed by atoms with Gasteiger partial charge in [-0.3, -0.25) is 0 Å². The predicted molar refractivity (Wildman–Crippen MR) is 70.0 cm³/mol. The topological polar surface area (TPSA) is 31.4 Å². The van der Waals surface area contributed by atoms with Crippen LogP contribution < -0.4 is 9.47 Å². The molecule has 2 rings (SSSR count). The largest absolute Gasteiger partial charge is 0.481 e. The molecule has 3 nitrogen and oxygen atoms in total. The molecule has 0 saturated heterocycles. The summed E-state index contributed by atoms with van der Waals surface area (Å²) in [5, 5.41) is 0. The summed E-state index contributed by atoms with van der Waals surface area (Å²) in [6.07, 6.45) is 0. The monoisotopic (exact) mass is 327 g/mol. The van der Waals surface area contributed by atoms with Crippen LogP contribution in [-0.4, -0.2) is 12.1 Å². The van der Waals surface area contributed by atoms with Gasteiger partial charge in [0.05, 0.1) is 10.7 Å². The van der Waals surface area contributed by atoms with E-state index in [9.17, 15) is 0 Å². The van der Waals surface area contributed by atoms with Gasteiger partial charge < -0.3 is 9.47 Å². The fraction of sp³-hybridized carbons (Fsp3) is 0.0833. The van der Waals surface area contributed by atoms with Crippen LogP contribution in [0.4, 0.5) is 0 Å². The van der Waals surface area contributed by atoms with Crippen molar-refractivity contribution in [3.8, 4) is 17.5 Å². The van der Waals surface area contributed by atoms with Crippen LogP contribution in [-0.2, 0) is 0 Å². The Balaban J connectivity index is 2.24. The van der Waals surface area contributed by atoms with Crippen molar-refractivity contribution in [2.24, 2.45) is 0 Å². The fourth-order valence-corrected chi connectivity index (χ4v) is 1.70. The number of aromatic nitrogens is 1. The molecule has 0 amide bonds. The Morgan fingerprint density at radius 1 is 1.00 bits per heavy atom. The summed E-state index contributed by atoms with van der Waals surface area (Å²) in [5.41, 5.74) is 0. The van der Waals surface area contributed by atoms with Gasteiger partial charge in [0.2, 0.25) is 11.8 Å². The molecule has 2 aromatic rings. The van der Waals surface area contributed by atoms with Crippen LogP contribution in [0.15, 0.2) is 42.5 Å². The van der Waals surface area contributed by atoms with Crippen molar-refractivity contribution in [2.75, 3.05) is 7.11 Å². The van der Waals surface area contributed by atoms with E-state index in [1.807, 2.05) is 30.3 Å². The van der Waals surface area contributed by atoms with Gasteiger partial charge in [-0.05, 0) is 34.7 Å². The maximum atomic E-state index is 5.65. The van der Waals surface area contributed by atoms with E-state index in [2.05, 4.69) is 27.6 Å². The minimum atomic E-state index is 0.531. The highest BCUT2D eigenvalue weighted by molar-refractivity contribution is 14.1. The summed E-state index contributed by atoms with van der Waals surface area (Å²) in [5.74, 6) is 1.87. The Labute approximate surface area is 108 Å². The van der Waals surface area contributed by atoms with Crippen LogP contribution >= 0.6 is 22.6 Å². The zero-order chi connectivity index (χ0) is 11.4. The van der Waals surface area contributed by atoms with Gasteiger partial charge in [-0.25, -0.2) is 0 Å². The number of halogens is 1. The smallest absolute Gasteiger partial charge is 0.222 e. The SMILES string of the molecule is COc1cccc(Oc2ccccc2I)n1. The second-order valence-corrected chi connectivity index (χ2v) is 4.21. The normalized spacial score (nSPS) is 9.88. The summed E-state index contributed by atoms with van der Waals surface area (Å²) >= 11 is 2.22. The lowest BCUT2D eigenvalue weighted by atomic mass is 10.3. The predicted octanol–water partition coefficient (Wildman–Crippen LogP) is 3.49. The van der Waals surface area contributed by atoms with E-state index in [1.165, 1.54) is 0 Å². The molecular weight excluding hydrogens is 317 g/mol. The van der Waals surface area contributed by atoms with Crippen molar-refractivity contribution < 1.29 is 9.47 Å². The maximum absolute atomic E-state index is 5.65. The van der Waals surface area contributed by atoms with Gasteiger partial charge in [-0.2, -0.15) is 4.98 Å². The number of para-hydroxylation sites is 1. The first kappa shape index (κ1) is 11.2. The first-order chi connectivity index (χ1) is 7.79. The zero-order valence-electron chi connectivity index (χ0n) is 8.68. The number of pyridine rings is 1. The number of nitrogens with zero attached hydrogens (tertiary/aromatic N) is 1. The fourth-order valence-electron chi connectivity index (χ4n) is 1.21. The number of ether oxygens (including phenoxy) is 2. The molecule has 1 heterocycles. The van der Waals surface area contributed by atoms with Gasteiger partial charge in [0.1, 0.15) is 5.75 Å². The lowest BCUT2D eigenvalue weighted by molar-refractivity contribution is 0.383. The van der Waals surface area contributed by atoms with Crippen molar-refractivity contribution in [1.29, 1.82) is 0 Å². The first-order valence-electron chi connectivity index (χ1n) is 4.73. The molecule has 0 unspecified atom stereocenters. The minimum Gasteiger partial charge on any atom is -0.481 e. The molecule has 0 aliphatic rings. The number of benzene rings is 1. The van der Waals surface area contributed by atoms with Crippen molar-refractivity contribution in [2.45, 2.75) is 0 Å². The molecule has 1 aromatic carbocycles. The summed E-state index contributed by atoms with van der Waals surface area (Å²) in [4.78, 5) is 4.18. The summed E-state index contributed by atoms with van der Waals surface area (Å²) in [7, 11) is 1.58. The molecule has 0 fully saturated rings. The Morgan fingerprint density at radius 3 is 2.50 bits per heavy atom. The number of hydrogen-bond donors (Lipinski definition) is 0. The summed E-state index contributed by atoms with van der Waals surface area (Å²) < 4.78 is 11.7. The molecule has 0 radical (unpaired) electrons. The number of methoxy groups -OCH3 is 1. The maximum Gasteiger partial charge on any atom is 0.222 e. The lowest BCUT2D eigenvalue weighted by Crippen LogP contribution is -1.92. The van der Waals surface area contributed by atoms with E-state index in [1.54, 1.807) is 19.2 Å². The molecule has 1 aromatic heterocycles. The van der Waals surface area contributed by atoms with Crippen LogP contribution in [0, 0.1) is 3.57 Å². The highest BCUT2D eigenvalue weighted by Crippen LogP contribution is 2.25. The van der Waals surface area contributed by atoms with Gasteiger partial charge in [0.15, 0.2) is 0 Å². The standard InChI is InChI=1S/C12H10INO2/c1-15-11-7-4-8-12(14-11)16-10-6-3-2-5-9(10)13/h2-8H,1H3. The zero-order valence-corrected chi connectivity index (χ0v) is 10.8. The molecule has 0 aliphatic heterocycles. The van der Waals surface area contributed by atoms with Gasteiger partial charge >= 0.3 is 0 Å². The van der Waals surface area contributed by atoms with Gasteiger partial charge in [-0.1, -0.05) is 18.2 Å². The Morgan fingerprint density at radius 2 is 1.75 bits per heavy atom. The van der Waals surface area contributed by atoms with Crippen LogP contribution in [0.3, 0.4) is 0 Å². The third-order valence-electron chi connectivity index (χ3n) is 1.96. The molecule has 0 aliphatic carbocycles. The Hall–Kier alpha value is -1.30. The van der Waals surface area contributed by atoms with E-state index in [-0.39, 0.29) is 0 Å². The second kappa shape index (κ2) is 5.16. The van der Waals surface area contributed by atoms with Crippen LogP contribution in [0.5, 0.6) is 17.5 Å². The lowest BCUT2D eigenvalue weighted by Gasteiger charge is -2.07. The van der Waals surface area contributed by atoms with Crippen LogP contribution in [0.25, 0.3) is 0 Å². The van der Waals surface area contributed by atoms with E-state index in [0.29, 0.717) is 11.8 Å². The molecule has 16 heavy (non-hydrogen) atoms. The average molecular weight is 327 g/mol. The van der Waals surface area contributed by atoms with Crippen molar-refractivity contribution >= 4 is 22.6 Å².